The van der Waals surface area contributed by atoms with E-state index < -0.39 is 0 Å². The Hall–Kier alpha value is -4.66. The number of morpholine rings is 1. The van der Waals surface area contributed by atoms with E-state index in [0.717, 1.165) is 63.1 Å². The number of hydrogen-bond donors (Lipinski definition) is 1. The summed E-state index contributed by atoms with van der Waals surface area (Å²) >= 11 is 0. The average Bonchev–Trinajstić information content (AvgIpc) is 3.86. The van der Waals surface area contributed by atoms with Crippen molar-refractivity contribution in [2.24, 2.45) is 0 Å². The van der Waals surface area contributed by atoms with Crippen LogP contribution in [0.4, 0.5) is 11.6 Å². The summed E-state index contributed by atoms with van der Waals surface area (Å²) in [5.74, 6) is 1.40. The molecule has 53 heavy (non-hydrogen) atoms. The summed E-state index contributed by atoms with van der Waals surface area (Å²) in [6, 6.07) is 8.53. The van der Waals surface area contributed by atoms with Gasteiger partial charge in [-0.25, -0.2) is 19.6 Å². The van der Waals surface area contributed by atoms with Gasteiger partial charge in [0, 0.05) is 57.2 Å². The van der Waals surface area contributed by atoms with Gasteiger partial charge in [-0.3, -0.25) is 9.58 Å². The van der Waals surface area contributed by atoms with Crippen molar-refractivity contribution in [2.45, 2.75) is 63.8 Å². The lowest BCUT2D eigenvalue weighted by Crippen LogP contribution is -2.45. The van der Waals surface area contributed by atoms with Gasteiger partial charge in [0.25, 0.3) is 5.88 Å². The van der Waals surface area contributed by atoms with Gasteiger partial charge in [-0.15, -0.1) is 5.10 Å². The van der Waals surface area contributed by atoms with E-state index >= 15 is 0 Å². The van der Waals surface area contributed by atoms with Crippen molar-refractivity contribution in [3.8, 4) is 28.8 Å². The second-order valence-electron chi connectivity index (χ2n) is 13.1. The smallest absolute Gasteiger partial charge is 0.256 e. The molecule has 1 aliphatic carbocycles. The molecule has 284 valence electrons. The molecule has 1 atom stereocenters. The van der Waals surface area contributed by atoms with E-state index in [1.165, 1.54) is 6.33 Å². The maximum Gasteiger partial charge on any atom is 0.256 e. The van der Waals surface area contributed by atoms with Gasteiger partial charge in [0.05, 0.1) is 70.6 Å². The highest BCUT2D eigenvalue weighted by Gasteiger charge is 2.29. The average molecular weight is 731 g/mol. The highest BCUT2D eigenvalue weighted by molar-refractivity contribution is 5.67. The first-order chi connectivity index (χ1) is 26.1. The Morgan fingerprint density at radius 3 is 2.45 bits per heavy atom. The minimum atomic E-state index is -0.239. The second kappa shape index (κ2) is 20.0. The highest BCUT2D eigenvalue weighted by Crippen LogP contribution is 2.35. The third-order valence-corrected chi connectivity index (χ3v) is 9.35. The molecular formula is C37H50N10O6. The Morgan fingerprint density at radius 1 is 0.962 bits per heavy atom. The molecule has 1 saturated carbocycles. The normalized spacial score (nSPS) is 18.4. The van der Waals surface area contributed by atoms with Crippen LogP contribution in [0.25, 0.3) is 11.1 Å². The molecule has 0 spiro atoms. The zero-order valence-electron chi connectivity index (χ0n) is 30.6. The van der Waals surface area contributed by atoms with Gasteiger partial charge < -0.3 is 33.7 Å². The SMILES string of the molecule is COCCOCCOCCCOc1nn([C@H]2CC[C@H](N3CCOCC3)CC2)cc1Nc1ncc(-c2ccc(C#N)c(O[C@@H](C)Cn3cncn3)c2)cn1. The van der Waals surface area contributed by atoms with Gasteiger partial charge in [-0.2, -0.15) is 10.4 Å². The van der Waals surface area contributed by atoms with Gasteiger partial charge in [-0.05, 0) is 50.3 Å². The largest absolute Gasteiger partial charge is 0.487 e. The highest BCUT2D eigenvalue weighted by atomic mass is 16.5. The Bertz CT molecular complexity index is 1700. The lowest BCUT2D eigenvalue weighted by molar-refractivity contribution is 0.00502. The van der Waals surface area contributed by atoms with Crippen molar-refractivity contribution >= 4 is 11.6 Å². The summed E-state index contributed by atoms with van der Waals surface area (Å²) in [6.07, 6.45) is 13.4. The molecular weight excluding hydrogens is 680 g/mol. The number of methoxy groups -OCH3 is 1. The lowest BCUT2D eigenvalue weighted by atomic mass is 9.90. The molecule has 0 radical (unpaired) electrons. The van der Waals surface area contributed by atoms with Gasteiger partial charge in [0.2, 0.25) is 5.95 Å². The molecule has 4 heterocycles. The number of nitrogens with one attached hydrogen (secondary N) is 1. The zero-order chi connectivity index (χ0) is 36.7. The predicted octanol–water partition coefficient (Wildman–Crippen LogP) is 4.28. The molecule has 3 aromatic heterocycles. The van der Waals surface area contributed by atoms with Crippen LogP contribution in [0.5, 0.6) is 11.6 Å². The minimum Gasteiger partial charge on any atom is -0.487 e. The van der Waals surface area contributed by atoms with Crippen LogP contribution >= 0.6 is 0 Å². The molecule has 1 aromatic carbocycles. The van der Waals surface area contributed by atoms with Crippen LogP contribution in [-0.2, 0) is 25.5 Å². The van der Waals surface area contributed by atoms with Gasteiger partial charge in [0.1, 0.15) is 36.3 Å². The molecule has 0 amide bonds. The maximum atomic E-state index is 9.71. The topological polar surface area (TPSA) is 169 Å². The fourth-order valence-electron chi connectivity index (χ4n) is 6.58. The predicted molar refractivity (Wildman–Crippen MR) is 195 cm³/mol. The number of anilines is 2. The molecule has 16 nitrogen and oxygen atoms in total. The molecule has 0 unspecified atom stereocenters. The number of rotatable bonds is 20. The molecule has 1 aliphatic heterocycles. The van der Waals surface area contributed by atoms with E-state index in [0.29, 0.717) is 87.5 Å². The number of hydrogen-bond acceptors (Lipinski definition) is 14. The van der Waals surface area contributed by atoms with Crippen LogP contribution in [-0.4, -0.2) is 125 Å². The summed E-state index contributed by atoms with van der Waals surface area (Å²) in [5.41, 5.74) is 2.75. The molecule has 1 N–H and O–H groups in total. The van der Waals surface area contributed by atoms with E-state index in [4.69, 9.17) is 33.5 Å². The van der Waals surface area contributed by atoms with Crippen LogP contribution in [0.3, 0.4) is 0 Å². The Morgan fingerprint density at radius 2 is 1.72 bits per heavy atom. The molecule has 16 heteroatoms. The van der Waals surface area contributed by atoms with Gasteiger partial charge in [-0.1, -0.05) is 6.07 Å². The van der Waals surface area contributed by atoms with E-state index in [1.807, 2.05) is 29.9 Å². The van der Waals surface area contributed by atoms with Crippen LogP contribution in [0.2, 0.25) is 0 Å². The Labute approximate surface area is 310 Å². The van der Waals surface area contributed by atoms with E-state index in [-0.39, 0.29) is 12.1 Å². The van der Waals surface area contributed by atoms with E-state index in [1.54, 1.807) is 36.6 Å². The number of ether oxygens (including phenoxy) is 6. The van der Waals surface area contributed by atoms with E-state index in [2.05, 4.69) is 36.3 Å². The van der Waals surface area contributed by atoms with E-state index in [9.17, 15) is 5.26 Å². The van der Waals surface area contributed by atoms with Crippen molar-refractivity contribution in [3.05, 3.63) is 55.0 Å². The fourth-order valence-corrected chi connectivity index (χ4v) is 6.58. The van der Waals surface area contributed by atoms with Crippen molar-refractivity contribution in [3.63, 3.8) is 0 Å². The molecule has 2 aliphatic rings. The summed E-state index contributed by atoms with van der Waals surface area (Å²) in [7, 11) is 1.65. The maximum absolute atomic E-state index is 9.71. The first-order valence-electron chi connectivity index (χ1n) is 18.4. The van der Waals surface area contributed by atoms with Crippen LogP contribution in [0.15, 0.2) is 49.4 Å². The molecule has 0 bridgehead atoms. The third kappa shape index (κ3) is 11.2. The number of nitriles is 1. The van der Waals surface area contributed by atoms with Gasteiger partial charge in [0.15, 0.2) is 0 Å². The van der Waals surface area contributed by atoms with Crippen molar-refractivity contribution in [2.75, 3.05) is 78.4 Å². The first kappa shape index (κ1) is 38.1. The summed E-state index contributed by atoms with van der Waals surface area (Å²) in [4.78, 5) is 15.8. The number of aromatic nitrogens is 7. The van der Waals surface area contributed by atoms with Gasteiger partial charge >= 0.3 is 0 Å². The molecule has 2 fully saturated rings. The molecule has 6 rings (SSSR count). The third-order valence-electron chi connectivity index (χ3n) is 9.35. The fraction of sp³-hybridized carbons (Fsp3) is 0.568. The van der Waals surface area contributed by atoms with Crippen molar-refractivity contribution in [1.29, 1.82) is 5.26 Å². The number of benzene rings is 1. The second-order valence-corrected chi connectivity index (χ2v) is 13.1. The minimum absolute atomic E-state index is 0.239. The Balaban J connectivity index is 1.09. The first-order valence-corrected chi connectivity index (χ1v) is 18.4. The Kier molecular flexibility index (Phi) is 14.4. The standard InChI is InChI=1S/C37H50N10O6/c1-28(24-46-27-39-26-42-46)53-35-20-29(4-5-30(35)21-38)31-22-40-37(41-23-31)43-34-25-47(33-8-6-32(7-9-33)45-10-14-50-15-11-45)44-36(34)52-13-3-12-49-18-19-51-17-16-48-2/h4-5,20,22-23,25-28,32-33H,3,6-19,24H2,1-2H3,(H,40,41,43)/t28-,32-,33-/m0/s1. The summed E-state index contributed by atoms with van der Waals surface area (Å²) in [5, 5.41) is 22.1. The molecule has 1 saturated heterocycles. The van der Waals surface area contributed by atoms with Crippen LogP contribution < -0.4 is 14.8 Å². The zero-order valence-corrected chi connectivity index (χ0v) is 30.6. The van der Waals surface area contributed by atoms with Crippen molar-refractivity contribution < 1.29 is 28.4 Å². The number of nitrogens with zero attached hydrogens (tertiary/aromatic N) is 9. The van der Waals surface area contributed by atoms with Crippen LogP contribution in [0, 0.1) is 11.3 Å². The monoisotopic (exact) mass is 730 g/mol. The lowest BCUT2D eigenvalue weighted by Gasteiger charge is -2.38. The quantitative estimate of drug-likeness (QED) is 0.128. The summed E-state index contributed by atoms with van der Waals surface area (Å²) < 4.78 is 37.8. The van der Waals surface area contributed by atoms with Crippen LogP contribution in [0.1, 0.15) is 50.6 Å². The summed E-state index contributed by atoms with van der Waals surface area (Å²) in [6.45, 7) is 9.24. The molecule has 4 aromatic rings. The van der Waals surface area contributed by atoms with Crippen molar-refractivity contribution in [1.82, 2.24) is 39.4 Å².